The van der Waals surface area contributed by atoms with Crippen molar-refractivity contribution in [3.63, 3.8) is 0 Å². The first kappa shape index (κ1) is 20.3. The predicted molar refractivity (Wildman–Crippen MR) is 113 cm³/mol. The van der Waals surface area contributed by atoms with Gasteiger partial charge in [-0.2, -0.15) is 0 Å². The van der Waals surface area contributed by atoms with Gasteiger partial charge in [0, 0.05) is 45.5 Å². The van der Waals surface area contributed by atoms with E-state index in [0.717, 1.165) is 17.7 Å². The zero-order valence-corrected chi connectivity index (χ0v) is 17.7. The van der Waals surface area contributed by atoms with Gasteiger partial charge in [-0.3, -0.25) is 19.5 Å². The molecule has 2 amide bonds. The number of hydrogen-bond acceptors (Lipinski definition) is 5. The molecule has 158 valence electrons. The lowest BCUT2D eigenvalue weighted by Crippen LogP contribution is -2.57. The molecule has 0 unspecified atom stereocenters. The van der Waals surface area contributed by atoms with Crippen molar-refractivity contribution in [1.29, 1.82) is 0 Å². The molecule has 1 aromatic heterocycles. The van der Waals surface area contributed by atoms with E-state index >= 15 is 0 Å². The van der Waals surface area contributed by atoms with Crippen LogP contribution in [0.4, 0.5) is 0 Å². The highest BCUT2D eigenvalue weighted by Crippen LogP contribution is 2.37. The molecule has 1 spiro atoms. The van der Waals surface area contributed by atoms with E-state index in [9.17, 15) is 9.59 Å². The fraction of sp³-hybridized carbons (Fsp3) is 0.435. The highest BCUT2D eigenvalue weighted by Gasteiger charge is 2.52. The van der Waals surface area contributed by atoms with Crippen molar-refractivity contribution in [2.75, 3.05) is 34.3 Å². The number of hydrogen-bond donors (Lipinski definition) is 1. The normalized spacial score (nSPS) is 23.6. The van der Waals surface area contributed by atoms with Gasteiger partial charge in [-0.15, -0.1) is 0 Å². The minimum atomic E-state index is -0.612. The number of fused-ring (bicyclic) bond motifs is 1. The molecule has 0 radical (unpaired) electrons. The number of methoxy groups -OCH3 is 1. The molecule has 4 rings (SSSR count). The number of benzene rings is 1. The van der Waals surface area contributed by atoms with Gasteiger partial charge in [0.25, 0.3) is 5.91 Å². The average Bonchev–Trinajstić information content (AvgIpc) is 3.02. The molecule has 2 aliphatic rings. The Labute approximate surface area is 177 Å². The summed E-state index contributed by atoms with van der Waals surface area (Å²) in [5.41, 5.74) is 1.97. The second-order valence-corrected chi connectivity index (χ2v) is 8.41. The Morgan fingerprint density at radius 2 is 2.17 bits per heavy atom. The average molecular weight is 409 g/mol. The summed E-state index contributed by atoms with van der Waals surface area (Å²) >= 11 is 0. The third-order valence-electron chi connectivity index (χ3n) is 6.23. The number of nitrogens with one attached hydrogen (secondary N) is 1. The van der Waals surface area contributed by atoms with Gasteiger partial charge in [0.05, 0.1) is 24.3 Å². The van der Waals surface area contributed by atoms with Crippen LogP contribution in [0.15, 0.2) is 42.6 Å². The Morgan fingerprint density at radius 1 is 1.33 bits per heavy atom. The number of nitrogens with zero attached hydrogens (tertiary/aromatic N) is 3. The van der Waals surface area contributed by atoms with Crippen LogP contribution in [-0.2, 0) is 17.8 Å². The highest BCUT2D eigenvalue weighted by atomic mass is 16.5. The number of carbonyl (C=O) groups excluding carboxylic acids is 2. The van der Waals surface area contributed by atoms with E-state index < -0.39 is 5.54 Å². The quantitative estimate of drug-likeness (QED) is 0.834. The molecular formula is C23H28N4O3. The summed E-state index contributed by atoms with van der Waals surface area (Å²) in [7, 11) is 5.14. The van der Waals surface area contributed by atoms with Gasteiger partial charge in [-0.1, -0.05) is 12.1 Å². The summed E-state index contributed by atoms with van der Waals surface area (Å²) in [5, 5.41) is 3.26. The number of amides is 2. The molecule has 0 bridgehead atoms. The predicted octanol–water partition coefficient (Wildman–Crippen LogP) is 1.73. The summed E-state index contributed by atoms with van der Waals surface area (Å²) in [4.78, 5) is 34.6. The lowest BCUT2D eigenvalue weighted by atomic mass is 9.81. The Hall–Kier alpha value is -2.93. The lowest BCUT2D eigenvalue weighted by molar-refractivity contribution is -0.134. The first-order valence-corrected chi connectivity index (χ1v) is 10.2. The van der Waals surface area contributed by atoms with Gasteiger partial charge in [-0.05, 0) is 42.7 Å². The van der Waals surface area contributed by atoms with Crippen LogP contribution in [-0.4, -0.2) is 66.4 Å². The first-order chi connectivity index (χ1) is 14.4. The van der Waals surface area contributed by atoms with E-state index in [1.807, 2.05) is 30.3 Å². The van der Waals surface area contributed by atoms with Gasteiger partial charge in [0.1, 0.15) is 5.75 Å². The summed E-state index contributed by atoms with van der Waals surface area (Å²) in [6.07, 6.45) is 3.22. The SMILES string of the molecule is COc1ccc2c(c1)C(=O)N[C@@]1(CC2)CN(Cc2ccccn2)C[C@@H]1C(=O)N(C)C. The van der Waals surface area contributed by atoms with Crippen LogP contribution in [0, 0.1) is 5.92 Å². The third kappa shape index (κ3) is 3.77. The van der Waals surface area contributed by atoms with E-state index in [2.05, 4.69) is 15.2 Å². The van der Waals surface area contributed by atoms with Crippen LogP contribution in [0.1, 0.15) is 28.0 Å². The molecule has 30 heavy (non-hydrogen) atoms. The van der Waals surface area contributed by atoms with E-state index in [4.69, 9.17) is 4.74 Å². The summed E-state index contributed by atoms with van der Waals surface area (Å²) < 4.78 is 5.30. The fourth-order valence-electron chi connectivity index (χ4n) is 4.68. The molecule has 2 aromatic rings. The number of aromatic nitrogens is 1. The zero-order chi connectivity index (χ0) is 21.3. The number of carbonyl (C=O) groups is 2. The molecule has 1 saturated heterocycles. The van der Waals surface area contributed by atoms with Crippen molar-refractivity contribution < 1.29 is 14.3 Å². The van der Waals surface area contributed by atoms with Gasteiger partial charge < -0.3 is 15.0 Å². The molecular weight excluding hydrogens is 380 g/mol. The Balaban J connectivity index is 1.65. The van der Waals surface area contributed by atoms with Crippen LogP contribution in [0.5, 0.6) is 5.75 Å². The van der Waals surface area contributed by atoms with Crippen LogP contribution in [0.25, 0.3) is 0 Å². The summed E-state index contributed by atoms with van der Waals surface area (Å²) in [6, 6.07) is 11.5. The van der Waals surface area contributed by atoms with Crippen molar-refractivity contribution in [2.24, 2.45) is 5.92 Å². The van der Waals surface area contributed by atoms with E-state index in [0.29, 0.717) is 37.4 Å². The molecule has 1 N–H and O–H groups in total. The number of ether oxygens (including phenoxy) is 1. The third-order valence-corrected chi connectivity index (χ3v) is 6.23. The minimum Gasteiger partial charge on any atom is -0.497 e. The molecule has 3 heterocycles. The summed E-state index contributed by atoms with van der Waals surface area (Å²) in [6.45, 7) is 1.86. The van der Waals surface area contributed by atoms with Crippen molar-refractivity contribution in [3.05, 3.63) is 59.4 Å². The van der Waals surface area contributed by atoms with E-state index in [-0.39, 0.29) is 17.7 Å². The van der Waals surface area contributed by atoms with Crippen LogP contribution < -0.4 is 10.1 Å². The second-order valence-electron chi connectivity index (χ2n) is 8.41. The number of rotatable bonds is 4. The van der Waals surface area contributed by atoms with Crippen molar-refractivity contribution in [1.82, 2.24) is 20.1 Å². The standard InChI is InChI=1S/C23H28N4O3/c1-26(2)22(29)20-14-27(13-17-6-4-5-11-24-17)15-23(20)10-9-16-7-8-18(30-3)12-19(16)21(28)25-23/h4-8,11-12,20H,9-10,13-15H2,1-3H3,(H,25,28)/t20-,23+/m1/s1. The van der Waals surface area contributed by atoms with Crippen LogP contribution in [0.2, 0.25) is 0 Å². The maximum atomic E-state index is 13.2. The molecule has 7 nitrogen and oxygen atoms in total. The van der Waals surface area contributed by atoms with E-state index in [1.165, 1.54) is 0 Å². The molecule has 7 heteroatoms. The monoisotopic (exact) mass is 408 g/mol. The Kier molecular flexibility index (Phi) is 5.47. The molecule has 2 atom stereocenters. The van der Waals surface area contributed by atoms with Crippen molar-refractivity contribution in [2.45, 2.75) is 24.9 Å². The Bertz CT molecular complexity index is 947. The molecule has 0 aliphatic carbocycles. The van der Waals surface area contributed by atoms with Gasteiger partial charge in [0.2, 0.25) is 5.91 Å². The van der Waals surface area contributed by atoms with E-state index in [1.54, 1.807) is 38.4 Å². The molecule has 2 aliphatic heterocycles. The zero-order valence-electron chi connectivity index (χ0n) is 17.7. The Morgan fingerprint density at radius 3 is 2.87 bits per heavy atom. The number of likely N-dealkylation sites (tertiary alicyclic amines) is 1. The smallest absolute Gasteiger partial charge is 0.252 e. The molecule has 1 fully saturated rings. The first-order valence-electron chi connectivity index (χ1n) is 10.2. The van der Waals surface area contributed by atoms with Crippen LogP contribution in [0.3, 0.4) is 0 Å². The second kappa shape index (κ2) is 8.07. The molecule has 1 aromatic carbocycles. The maximum absolute atomic E-state index is 13.2. The van der Waals surface area contributed by atoms with Gasteiger partial charge >= 0.3 is 0 Å². The van der Waals surface area contributed by atoms with Gasteiger partial charge in [0.15, 0.2) is 0 Å². The maximum Gasteiger partial charge on any atom is 0.252 e. The van der Waals surface area contributed by atoms with Crippen molar-refractivity contribution in [3.8, 4) is 5.75 Å². The molecule has 0 saturated carbocycles. The van der Waals surface area contributed by atoms with Gasteiger partial charge in [-0.25, -0.2) is 0 Å². The largest absolute Gasteiger partial charge is 0.497 e. The highest BCUT2D eigenvalue weighted by molar-refractivity contribution is 5.97. The number of aryl methyl sites for hydroxylation is 1. The van der Waals surface area contributed by atoms with Crippen molar-refractivity contribution >= 4 is 11.8 Å². The minimum absolute atomic E-state index is 0.0438. The fourth-order valence-corrected chi connectivity index (χ4v) is 4.68. The lowest BCUT2D eigenvalue weighted by Gasteiger charge is -2.35. The summed E-state index contributed by atoms with van der Waals surface area (Å²) in [5.74, 6) is 0.250. The van der Waals surface area contributed by atoms with Crippen LogP contribution >= 0.6 is 0 Å². The number of pyridine rings is 1. The topological polar surface area (TPSA) is 74.8 Å².